The van der Waals surface area contributed by atoms with Crippen molar-refractivity contribution >= 4 is 27.4 Å². The molecule has 118 valence electrons. The Morgan fingerprint density at radius 2 is 2.05 bits per heavy atom. The third-order valence-electron chi connectivity index (χ3n) is 4.77. The van der Waals surface area contributed by atoms with Crippen LogP contribution in [0.3, 0.4) is 0 Å². The van der Waals surface area contributed by atoms with Crippen LogP contribution in [0, 0.1) is 0 Å². The van der Waals surface area contributed by atoms with Gasteiger partial charge in [0.2, 0.25) is 0 Å². The van der Waals surface area contributed by atoms with Gasteiger partial charge in [0, 0.05) is 44.7 Å². The molecule has 2 fully saturated rings. The van der Waals surface area contributed by atoms with Crippen LogP contribution in [0.2, 0.25) is 0 Å². The molecule has 0 saturated carbocycles. The predicted octanol–water partition coefficient (Wildman–Crippen LogP) is 1.14. The van der Waals surface area contributed by atoms with Crippen molar-refractivity contribution in [1.29, 1.82) is 0 Å². The molecule has 0 amide bonds. The fourth-order valence-electron chi connectivity index (χ4n) is 3.50. The molecule has 0 radical (unpaired) electrons. The molecule has 6 heteroatoms. The van der Waals surface area contributed by atoms with Gasteiger partial charge in [-0.15, -0.1) is 0 Å². The summed E-state index contributed by atoms with van der Waals surface area (Å²) in [5.74, 6) is 1.13. The highest BCUT2D eigenvalue weighted by Crippen LogP contribution is 2.30. The van der Waals surface area contributed by atoms with E-state index in [-0.39, 0.29) is 0 Å². The number of nitrogens with zero attached hydrogens (tertiary/aromatic N) is 3. The minimum Gasteiger partial charge on any atom is -0.387 e. The first-order valence-corrected chi connectivity index (χ1v) is 8.76. The number of piperazine rings is 1. The molecular weight excluding hydrogens is 296 g/mol. The lowest BCUT2D eigenvalue weighted by Gasteiger charge is -2.38. The van der Waals surface area contributed by atoms with E-state index in [1.165, 1.54) is 10.1 Å². The summed E-state index contributed by atoms with van der Waals surface area (Å²) in [5, 5.41) is 15.0. The summed E-state index contributed by atoms with van der Waals surface area (Å²) in [5.41, 5.74) is -0.532. The van der Waals surface area contributed by atoms with E-state index in [1.807, 2.05) is 0 Å². The Labute approximate surface area is 134 Å². The fraction of sp³-hybridized carbons (Fsp3) is 0.562. The van der Waals surface area contributed by atoms with Crippen molar-refractivity contribution in [1.82, 2.24) is 14.6 Å². The van der Waals surface area contributed by atoms with Crippen LogP contribution in [0.1, 0.15) is 6.42 Å². The number of benzene rings is 1. The summed E-state index contributed by atoms with van der Waals surface area (Å²) in [6, 6.07) is 8.44. The van der Waals surface area contributed by atoms with Gasteiger partial charge in [-0.3, -0.25) is 4.90 Å². The van der Waals surface area contributed by atoms with Crippen LogP contribution in [0.25, 0.3) is 10.1 Å². The van der Waals surface area contributed by atoms with E-state index < -0.39 is 5.60 Å². The van der Waals surface area contributed by atoms with E-state index in [1.54, 1.807) is 11.5 Å². The van der Waals surface area contributed by atoms with Gasteiger partial charge in [-0.05, 0) is 36.6 Å². The highest BCUT2D eigenvalue weighted by atomic mass is 32.1. The Bertz CT molecular complexity index is 644. The Morgan fingerprint density at radius 1 is 1.23 bits per heavy atom. The Hall–Kier alpha value is -1.21. The van der Waals surface area contributed by atoms with Gasteiger partial charge < -0.3 is 15.3 Å². The van der Waals surface area contributed by atoms with Crippen molar-refractivity contribution in [2.45, 2.75) is 12.0 Å². The second-order valence-electron chi connectivity index (χ2n) is 6.42. The van der Waals surface area contributed by atoms with Crippen molar-refractivity contribution in [3.8, 4) is 0 Å². The van der Waals surface area contributed by atoms with Gasteiger partial charge in [0.15, 0.2) is 0 Å². The van der Waals surface area contributed by atoms with E-state index in [2.05, 4.69) is 43.8 Å². The summed E-state index contributed by atoms with van der Waals surface area (Å²) in [6.45, 7) is 6.40. The third kappa shape index (κ3) is 2.72. The summed E-state index contributed by atoms with van der Waals surface area (Å²) < 4.78 is 5.91. The molecule has 0 aliphatic carbocycles. The summed E-state index contributed by atoms with van der Waals surface area (Å²) >= 11 is 1.58. The molecule has 2 N–H and O–H groups in total. The zero-order valence-corrected chi connectivity index (χ0v) is 13.5. The molecule has 2 saturated heterocycles. The maximum atomic E-state index is 10.5. The quantitative estimate of drug-likeness (QED) is 0.889. The maximum Gasteiger partial charge on any atom is 0.150 e. The molecule has 1 aromatic carbocycles. The largest absolute Gasteiger partial charge is 0.387 e. The van der Waals surface area contributed by atoms with Crippen LogP contribution in [0.15, 0.2) is 24.3 Å². The molecule has 0 bridgehead atoms. The Balaban J connectivity index is 1.41. The summed E-state index contributed by atoms with van der Waals surface area (Å²) in [6.07, 6.45) is 0.865. The van der Waals surface area contributed by atoms with Gasteiger partial charge in [0.1, 0.15) is 5.82 Å². The zero-order valence-electron chi connectivity index (χ0n) is 12.7. The normalized spacial score (nSPS) is 26.9. The lowest BCUT2D eigenvalue weighted by atomic mass is 10.0. The van der Waals surface area contributed by atoms with Crippen LogP contribution in [-0.4, -0.2) is 65.8 Å². The number of hydrogen-bond donors (Lipinski definition) is 2. The number of hydrogen-bond acceptors (Lipinski definition) is 6. The predicted molar refractivity (Wildman–Crippen MR) is 90.7 cm³/mol. The molecule has 4 rings (SSSR count). The minimum absolute atomic E-state index is 0.532. The molecular formula is C16H22N4OS. The van der Waals surface area contributed by atoms with E-state index in [9.17, 15) is 5.11 Å². The molecule has 2 aliphatic rings. The van der Waals surface area contributed by atoms with Gasteiger partial charge in [-0.2, -0.15) is 4.37 Å². The molecule has 1 atom stereocenters. The van der Waals surface area contributed by atoms with Crippen LogP contribution in [0.4, 0.5) is 5.82 Å². The molecule has 2 aliphatic heterocycles. The maximum absolute atomic E-state index is 10.5. The van der Waals surface area contributed by atoms with E-state index in [0.717, 1.165) is 58.1 Å². The summed E-state index contributed by atoms with van der Waals surface area (Å²) in [7, 11) is 0. The molecule has 0 spiro atoms. The monoisotopic (exact) mass is 318 g/mol. The molecule has 5 nitrogen and oxygen atoms in total. The van der Waals surface area contributed by atoms with Crippen LogP contribution in [0.5, 0.6) is 0 Å². The van der Waals surface area contributed by atoms with E-state index in [4.69, 9.17) is 0 Å². The third-order valence-corrected chi connectivity index (χ3v) is 5.59. The Kier molecular flexibility index (Phi) is 3.78. The van der Waals surface area contributed by atoms with Crippen molar-refractivity contribution in [3.63, 3.8) is 0 Å². The number of aromatic nitrogens is 1. The average Bonchev–Trinajstić information content (AvgIpc) is 3.15. The fourth-order valence-corrected chi connectivity index (χ4v) is 4.30. The minimum atomic E-state index is -0.532. The van der Waals surface area contributed by atoms with Crippen molar-refractivity contribution < 1.29 is 5.11 Å². The van der Waals surface area contributed by atoms with Gasteiger partial charge >= 0.3 is 0 Å². The SMILES string of the molecule is O[C@]1(CN2CCN(c3nsc4ccccc34)CC2)CCNC1. The summed E-state index contributed by atoms with van der Waals surface area (Å²) in [4.78, 5) is 4.77. The number of aliphatic hydroxyl groups is 1. The number of anilines is 1. The average molecular weight is 318 g/mol. The van der Waals surface area contributed by atoms with E-state index in [0.29, 0.717) is 0 Å². The lowest BCUT2D eigenvalue weighted by Crippen LogP contribution is -2.52. The number of β-amino-alcohol motifs (C(OH)–C–C–N with tert-alkyl or cyclic N) is 1. The van der Waals surface area contributed by atoms with Gasteiger partial charge in [0.25, 0.3) is 0 Å². The number of rotatable bonds is 3. The molecule has 3 heterocycles. The zero-order chi connectivity index (χ0) is 15.0. The molecule has 22 heavy (non-hydrogen) atoms. The van der Waals surface area contributed by atoms with Crippen molar-refractivity contribution in [2.24, 2.45) is 0 Å². The van der Waals surface area contributed by atoms with Gasteiger partial charge in [-0.25, -0.2) is 0 Å². The van der Waals surface area contributed by atoms with Crippen LogP contribution < -0.4 is 10.2 Å². The van der Waals surface area contributed by atoms with Crippen molar-refractivity contribution in [2.75, 3.05) is 50.7 Å². The second kappa shape index (κ2) is 5.77. The highest BCUT2D eigenvalue weighted by molar-refractivity contribution is 7.13. The van der Waals surface area contributed by atoms with E-state index >= 15 is 0 Å². The second-order valence-corrected chi connectivity index (χ2v) is 7.22. The Morgan fingerprint density at radius 3 is 2.82 bits per heavy atom. The van der Waals surface area contributed by atoms with Crippen LogP contribution >= 0.6 is 11.5 Å². The van der Waals surface area contributed by atoms with Gasteiger partial charge in [0.05, 0.1) is 10.3 Å². The first kappa shape index (κ1) is 14.4. The van der Waals surface area contributed by atoms with Crippen molar-refractivity contribution in [3.05, 3.63) is 24.3 Å². The smallest absolute Gasteiger partial charge is 0.150 e. The molecule has 0 unspecified atom stereocenters. The topological polar surface area (TPSA) is 51.6 Å². The number of fused-ring (bicyclic) bond motifs is 1. The first-order chi connectivity index (χ1) is 10.7. The molecule has 2 aromatic rings. The standard InChI is InChI=1S/C16H22N4OS/c21-16(5-6-17-11-16)12-19-7-9-20(10-8-19)15-13-3-1-2-4-14(13)22-18-15/h1-4,17,21H,5-12H2/t16-/m1/s1. The highest BCUT2D eigenvalue weighted by Gasteiger charge is 2.34. The number of nitrogens with one attached hydrogen (secondary N) is 1. The van der Waals surface area contributed by atoms with Crippen LogP contribution in [-0.2, 0) is 0 Å². The molecule has 1 aromatic heterocycles. The lowest BCUT2D eigenvalue weighted by molar-refractivity contribution is 0.0193. The first-order valence-electron chi connectivity index (χ1n) is 7.98. The van der Waals surface area contributed by atoms with Gasteiger partial charge in [-0.1, -0.05) is 12.1 Å².